The second-order valence-electron chi connectivity index (χ2n) is 8.88. The van der Waals surface area contributed by atoms with E-state index < -0.39 is 17.8 Å². The second-order valence-corrected chi connectivity index (χ2v) is 8.88. The molecule has 172 valence electrons. The highest BCUT2D eigenvalue weighted by Crippen LogP contribution is 2.24. The van der Waals surface area contributed by atoms with Gasteiger partial charge in [0.05, 0.1) is 13.0 Å². The molecule has 0 saturated heterocycles. The molecule has 1 aliphatic rings. The van der Waals surface area contributed by atoms with E-state index in [1.54, 1.807) is 12.1 Å². The van der Waals surface area contributed by atoms with Gasteiger partial charge < -0.3 is 20.1 Å². The zero-order chi connectivity index (χ0) is 22.9. The lowest BCUT2D eigenvalue weighted by atomic mass is 9.86. The number of nitrogens with one attached hydrogen (secondary N) is 3. The molecule has 1 saturated carbocycles. The number of carbonyl (C=O) groups is 3. The lowest BCUT2D eigenvalue weighted by Crippen LogP contribution is -2.48. The molecule has 31 heavy (non-hydrogen) atoms. The fourth-order valence-electron chi connectivity index (χ4n) is 3.63. The summed E-state index contributed by atoms with van der Waals surface area (Å²) >= 11 is 0. The van der Waals surface area contributed by atoms with Gasteiger partial charge in [-0.05, 0) is 51.3 Å². The van der Waals surface area contributed by atoms with E-state index in [1.807, 2.05) is 32.9 Å². The summed E-state index contributed by atoms with van der Waals surface area (Å²) < 4.78 is 9.96. The van der Waals surface area contributed by atoms with E-state index in [2.05, 4.69) is 20.7 Å². The molecular weight excluding hydrogens is 398 g/mol. The Morgan fingerprint density at radius 1 is 0.968 bits per heavy atom. The number of carbonyl (C=O) groups excluding carboxylic acids is 3. The van der Waals surface area contributed by atoms with Crippen LogP contribution in [0.3, 0.4) is 0 Å². The molecule has 0 spiro atoms. The Hall–Kier alpha value is -2.77. The first-order valence-electron chi connectivity index (χ1n) is 10.9. The molecule has 1 fully saturated rings. The predicted molar refractivity (Wildman–Crippen MR) is 119 cm³/mol. The normalized spacial score (nSPS) is 19.4. The van der Waals surface area contributed by atoms with Crippen LogP contribution in [-0.2, 0) is 20.8 Å². The van der Waals surface area contributed by atoms with Crippen molar-refractivity contribution in [3.8, 4) is 0 Å². The van der Waals surface area contributed by atoms with Gasteiger partial charge in [-0.3, -0.25) is 10.1 Å². The Kier molecular flexibility index (Phi) is 9.15. The molecule has 2 atom stereocenters. The van der Waals surface area contributed by atoms with Gasteiger partial charge in [0, 0.05) is 18.3 Å². The van der Waals surface area contributed by atoms with E-state index >= 15 is 0 Å². The highest BCUT2D eigenvalue weighted by molar-refractivity contribution is 5.84. The SMILES string of the molecule is COC(=O)Nc1ccc(CNC(=O)[C@@H]2CCCCCC[C@@H]2NC(=O)OC(C)(C)C)cc1. The number of rotatable bonds is 5. The first-order chi connectivity index (χ1) is 14.7. The van der Waals surface area contributed by atoms with Crippen LogP contribution in [0.25, 0.3) is 0 Å². The molecular formula is C23H35N3O5. The molecule has 3 amide bonds. The molecule has 0 heterocycles. The molecule has 2 rings (SSSR count). The van der Waals surface area contributed by atoms with Crippen LogP contribution < -0.4 is 16.0 Å². The van der Waals surface area contributed by atoms with Crippen LogP contribution in [0.1, 0.15) is 64.9 Å². The largest absolute Gasteiger partial charge is 0.453 e. The maximum atomic E-state index is 13.0. The fourth-order valence-corrected chi connectivity index (χ4v) is 3.63. The van der Waals surface area contributed by atoms with Gasteiger partial charge in [-0.15, -0.1) is 0 Å². The number of alkyl carbamates (subject to hydrolysis) is 1. The minimum Gasteiger partial charge on any atom is -0.453 e. The smallest absolute Gasteiger partial charge is 0.411 e. The predicted octanol–water partition coefficient (Wildman–Crippen LogP) is 4.34. The molecule has 8 heteroatoms. The van der Waals surface area contributed by atoms with E-state index in [0.717, 1.165) is 44.1 Å². The maximum Gasteiger partial charge on any atom is 0.411 e. The summed E-state index contributed by atoms with van der Waals surface area (Å²) in [5.74, 6) is -0.368. The number of hydrogen-bond donors (Lipinski definition) is 3. The van der Waals surface area contributed by atoms with Crippen LogP contribution in [-0.4, -0.2) is 36.8 Å². The number of benzene rings is 1. The monoisotopic (exact) mass is 433 g/mol. The van der Waals surface area contributed by atoms with E-state index in [9.17, 15) is 14.4 Å². The number of methoxy groups -OCH3 is 1. The Bertz CT molecular complexity index is 743. The third-order valence-corrected chi connectivity index (χ3v) is 5.16. The molecule has 8 nitrogen and oxygen atoms in total. The topological polar surface area (TPSA) is 106 Å². The standard InChI is InChI=1S/C23H35N3O5/c1-23(2,3)31-22(29)26-19-10-8-6-5-7-9-18(19)20(27)24-15-16-11-13-17(14-12-16)25-21(28)30-4/h11-14,18-19H,5-10,15H2,1-4H3,(H,24,27)(H,25,28)(H,26,29)/t18-,19+/m1/s1. The molecule has 1 aliphatic carbocycles. The van der Waals surface area contributed by atoms with Crippen molar-refractivity contribution in [1.29, 1.82) is 0 Å². The van der Waals surface area contributed by atoms with Crippen LogP contribution in [0.2, 0.25) is 0 Å². The van der Waals surface area contributed by atoms with Crippen LogP contribution >= 0.6 is 0 Å². The molecule has 3 N–H and O–H groups in total. The van der Waals surface area contributed by atoms with Crippen molar-refractivity contribution in [1.82, 2.24) is 10.6 Å². The first kappa shape index (κ1) is 24.5. The van der Waals surface area contributed by atoms with Crippen molar-refractivity contribution in [2.24, 2.45) is 5.92 Å². The summed E-state index contributed by atoms with van der Waals surface area (Å²) in [6, 6.07) is 6.92. The molecule has 0 unspecified atom stereocenters. The first-order valence-corrected chi connectivity index (χ1v) is 10.9. The van der Waals surface area contributed by atoms with Crippen LogP contribution in [0, 0.1) is 5.92 Å². The minimum atomic E-state index is -0.585. The lowest BCUT2D eigenvalue weighted by Gasteiger charge is -2.30. The molecule has 0 radical (unpaired) electrons. The van der Waals surface area contributed by atoms with Crippen LogP contribution in [0.5, 0.6) is 0 Å². The Morgan fingerprint density at radius 3 is 2.23 bits per heavy atom. The van der Waals surface area contributed by atoms with Crippen LogP contribution in [0.15, 0.2) is 24.3 Å². The average Bonchev–Trinajstić information content (AvgIpc) is 2.68. The van der Waals surface area contributed by atoms with Crippen molar-refractivity contribution in [2.75, 3.05) is 12.4 Å². The van der Waals surface area contributed by atoms with E-state index in [0.29, 0.717) is 12.2 Å². The summed E-state index contributed by atoms with van der Waals surface area (Å²) in [4.78, 5) is 36.6. The van der Waals surface area contributed by atoms with Gasteiger partial charge in [0.25, 0.3) is 0 Å². The highest BCUT2D eigenvalue weighted by Gasteiger charge is 2.31. The zero-order valence-corrected chi connectivity index (χ0v) is 19.0. The summed E-state index contributed by atoms with van der Waals surface area (Å²) in [7, 11) is 1.31. The summed E-state index contributed by atoms with van der Waals surface area (Å²) in [5.41, 5.74) is 0.938. The second kappa shape index (κ2) is 11.6. The van der Waals surface area contributed by atoms with Gasteiger partial charge in [-0.25, -0.2) is 9.59 Å². The number of hydrogen-bond acceptors (Lipinski definition) is 5. The molecule has 0 bridgehead atoms. The quantitative estimate of drug-likeness (QED) is 0.640. The lowest BCUT2D eigenvalue weighted by molar-refractivity contribution is -0.126. The minimum absolute atomic E-state index is 0.0697. The third-order valence-electron chi connectivity index (χ3n) is 5.16. The Balaban J connectivity index is 1.96. The molecule has 0 aromatic heterocycles. The van der Waals surface area contributed by atoms with Crippen molar-refractivity contribution in [3.63, 3.8) is 0 Å². The molecule has 0 aliphatic heterocycles. The van der Waals surface area contributed by atoms with Gasteiger partial charge in [0.15, 0.2) is 0 Å². The van der Waals surface area contributed by atoms with E-state index in [-0.39, 0.29) is 17.9 Å². The van der Waals surface area contributed by atoms with Gasteiger partial charge in [-0.1, -0.05) is 37.8 Å². The van der Waals surface area contributed by atoms with Gasteiger partial charge >= 0.3 is 12.2 Å². The Labute approximate surface area is 184 Å². The summed E-state index contributed by atoms with van der Waals surface area (Å²) in [5, 5.41) is 8.51. The van der Waals surface area contributed by atoms with Gasteiger partial charge in [0.1, 0.15) is 5.60 Å². The number of amides is 3. The van der Waals surface area contributed by atoms with Gasteiger partial charge in [0.2, 0.25) is 5.91 Å². The fraction of sp³-hybridized carbons (Fsp3) is 0.609. The van der Waals surface area contributed by atoms with Crippen molar-refractivity contribution >= 4 is 23.8 Å². The summed E-state index contributed by atoms with van der Waals surface area (Å²) in [6.45, 7) is 5.83. The van der Waals surface area contributed by atoms with Crippen molar-refractivity contribution in [2.45, 2.75) is 77.5 Å². The number of anilines is 1. The van der Waals surface area contributed by atoms with Gasteiger partial charge in [-0.2, -0.15) is 0 Å². The Morgan fingerprint density at radius 2 is 1.61 bits per heavy atom. The van der Waals surface area contributed by atoms with Crippen LogP contribution in [0.4, 0.5) is 15.3 Å². The van der Waals surface area contributed by atoms with Crippen molar-refractivity contribution < 1.29 is 23.9 Å². The third kappa shape index (κ3) is 8.86. The number of ether oxygens (including phenoxy) is 2. The molecule has 1 aromatic rings. The average molecular weight is 434 g/mol. The van der Waals surface area contributed by atoms with E-state index in [1.165, 1.54) is 7.11 Å². The van der Waals surface area contributed by atoms with E-state index in [4.69, 9.17) is 4.74 Å². The van der Waals surface area contributed by atoms with Crippen molar-refractivity contribution in [3.05, 3.63) is 29.8 Å². The zero-order valence-electron chi connectivity index (χ0n) is 19.0. The highest BCUT2D eigenvalue weighted by atomic mass is 16.6. The maximum absolute atomic E-state index is 13.0. The molecule has 1 aromatic carbocycles. The summed E-state index contributed by atoms with van der Waals surface area (Å²) in [6.07, 6.45) is 4.60.